The molecule has 13 heavy (non-hydrogen) atoms. The average Bonchev–Trinajstić information content (AvgIpc) is 2.02. The second-order valence-electron chi connectivity index (χ2n) is 2.64. The summed E-state index contributed by atoms with van der Waals surface area (Å²) in [7, 11) is 0. The number of aliphatic hydroxyl groups is 1. The number of rotatable bonds is 2. The van der Waals surface area contributed by atoms with Crippen LogP contribution in [0.4, 0.5) is 14.5 Å². The first-order chi connectivity index (χ1) is 5.95. The summed E-state index contributed by atoms with van der Waals surface area (Å²) in [6.07, 6.45) is 0. The van der Waals surface area contributed by atoms with Crippen molar-refractivity contribution in [2.24, 2.45) is 0 Å². The van der Waals surface area contributed by atoms with Crippen molar-refractivity contribution in [2.75, 3.05) is 12.3 Å². The van der Waals surface area contributed by atoms with Gasteiger partial charge in [-0.1, -0.05) is 0 Å². The summed E-state index contributed by atoms with van der Waals surface area (Å²) >= 11 is 1.89. The van der Waals surface area contributed by atoms with Crippen LogP contribution in [0.2, 0.25) is 0 Å². The first-order valence-corrected chi connectivity index (χ1v) is 4.59. The Morgan fingerprint density at radius 1 is 1.38 bits per heavy atom. The monoisotopic (exact) mass is 299 g/mol. The quantitative estimate of drug-likeness (QED) is 0.648. The third kappa shape index (κ3) is 2.50. The normalized spacial score (nSPS) is 11.7. The van der Waals surface area contributed by atoms with Gasteiger partial charge in [-0.25, -0.2) is 0 Å². The van der Waals surface area contributed by atoms with Gasteiger partial charge in [0.25, 0.3) is 5.92 Å². The molecule has 1 aromatic rings. The molecule has 1 aromatic carbocycles. The molecule has 0 aliphatic carbocycles. The van der Waals surface area contributed by atoms with E-state index in [1.807, 2.05) is 22.6 Å². The van der Waals surface area contributed by atoms with Gasteiger partial charge in [-0.2, -0.15) is 8.78 Å². The van der Waals surface area contributed by atoms with Gasteiger partial charge < -0.3 is 10.8 Å². The highest BCUT2D eigenvalue weighted by atomic mass is 127. The van der Waals surface area contributed by atoms with Gasteiger partial charge in [0.15, 0.2) is 0 Å². The highest BCUT2D eigenvalue weighted by Gasteiger charge is 2.30. The van der Waals surface area contributed by atoms with Gasteiger partial charge in [0.1, 0.15) is 6.61 Å². The molecule has 3 N–H and O–H groups in total. The number of aliphatic hydroxyl groups excluding tert-OH is 1. The van der Waals surface area contributed by atoms with E-state index < -0.39 is 12.5 Å². The van der Waals surface area contributed by atoms with Crippen LogP contribution in [0.15, 0.2) is 18.2 Å². The van der Waals surface area contributed by atoms with Crippen LogP contribution in [0.3, 0.4) is 0 Å². The largest absolute Gasteiger partial charge is 0.399 e. The molecule has 0 heterocycles. The maximum atomic E-state index is 12.9. The van der Waals surface area contributed by atoms with E-state index in [0.29, 0.717) is 3.57 Å². The topological polar surface area (TPSA) is 46.2 Å². The van der Waals surface area contributed by atoms with E-state index in [-0.39, 0.29) is 11.3 Å². The summed E-state index contributed by atoms with van der Waals surface area (Å²) in [6.45, 7) is -1.20. The summed E-state index contributed by atoms with van der Waals surface area (Å²) < 4.78 is 26.5. The molecule has 0 spiro atoms. The standard InChI is InChI=1S/C8H8F2INO/c9-8(10,4-13)5-1-6(11)3-7(12)2-5/h1-3,13H,4,12H2. The molecule has 0 bridgehead atoms. The smallest absolute Gasteiger partial charge is 0.295 e. The lowest BCUT2D eigenvalue weighted by atomic mass is 10.1. The van der Waals surface area contributed by atoms with Crippen LogP contribution >= 0.6 is 22.6 Å². The number of hydrogen-bond acceptors (Lipinski definition) is 2. The molecular formula is C8H8F2INO. The summed E-state index contributed by atoms with van der Waals surface area (Å²) in [5.41, 5.74) is 5.41. The lowest BCUT2D eigenvalue weighted by molar-refractivity contribution is -0.0556. The Kier molecular flexibility index (Phi) is 3.07. The summed E-state index contributed by atoms with van der Waals surface area (Å²) in [4.78, 5) is 0. The molecular weight excluding hydrogens is 291 g/mol. The lowest BCUT2D eigenvalue weighted by Crippen LogP contribution is -2.18. The van der Waals surface area contributed by atoms with E-state index in [2.05, 4.69) is 0 Å². The summed E-state index contributed by atoms with van der Waals surface area (Å²) in [5.74, 6) is -3.21. The molecule has 0 aromatic heterocycles. The zero-order valence-corrected chi connectivity index (χ0v) is 8.76. The predicted octanol–water partition coefficient (Wildman–Crippen LogP) is 1.96. The highest BCUT2D eigenvalue weighted by molar-refractivity contribution is 14.1. The van der Waals surface area contributed by atoms with E-state index in [1.54, 1.807) is 6.07 Å². The molecule has 0 saturated carbocycles. The fraction of sp³-hybridized carbons (Fsp3) is 0.250. The van der Waals surface area contributed by atoms with Gasteiger partial charge in [0.2, 0.25) is 0 Å². The zero-order valence-electron chi connectivity index (χ0n) is 6.60. The Morgan fingerprint density at radius 2 is 2.00 bits per heavy atom. The number of hydrogen-bond donors (Lipinski definition) is 2. The maximum absolute atomic E-state index is 12.9. The van der Waals surface area contributed by atoms with Crippen LogP contribution in [-0.2, 0) is 5.92 Å². The van der Waals surface area contributed by atoms with E-state index in [1.165, 1.54) is 12.1 Å². The second-order valence-corrected chi connectivity index (χ2v) is 3.88. The Labute approximate surface area is 87.9 Å². The van der Waals surface area contributed by atoms with E-state index in [4.69, 9.17) is 10.8 Å². The van der Waals surface area contributed by atoms with Crippen molar-refractivity contribution in [3.8, 4) is 0 Å². The van der Waals surface area contributed by atoms with Crippen LogP contribution in [0.5, 0.6) is 0 Å². The Hall–Kier alpha value is -0.430. The van der Waals surface area contributed by atoms with Crippen LogP contribution < -0.4 is 5.73 Å². The number of anilines is 1. The van der Waals surface area contributed by atoms with E-state index >= 15 is 0 Å². The van der Waals surface area contributed by atoms with Crippen LogP contribution in [-0.4, -0.2) is 11.7 Å². The molecule has 1 rings (SSSR count). The van der Waals surface area contributed by atoms with Gasteiger partial charge in [-0.15, -0.1) is 0 Å². The Balaban J connectivity index is 3.15. The molecule has 0 atom stereocenters. The molecule has 0 saturated heterocycles. The molecule has 0 fully saturated rings. The van der Waals surface area contributed by atoms with Gasteiger partial charge in [0, 0.05) is 14.8 Å². The van der Waals surface area contributed by atoms with E-state index in [0.717, 1.165) is 0 Å². The number of benzene rings is 1. The minimum Gasteiger partial charge on any atom is -0.399 e. The second kappa shape index (κ2) is 3.75. The first-order valence-electron chi connectivity index (χ1n) is 3.51. The fourth-order valence-electron chi connectivity index (χ4n) is 0.915. The van der Waals surface area contributed by atoms with Crippen molar-refractivity contribution in [1.29, 1.82) is 0 Å². The third-order valence-corrected chi connectivity index (χ3v) is 2.16. The Bertz CT molecular complexity index is 297. The summed E-state index contributed by atoms with van der Waals surface area (Å²) in [5, 5.41) is 8.44. The molecule has 0 unspecified atom stereocenters. The van der Waals surface area contributed by atoms with Crippen LogP contribution in [0, 0.1) is 3.57 Å². The SMILES string of the molecule is Nc1cc(I)cc(C(F)(F)CO)c1. The number of alkyl halides is 2. The van der Waals surface area contributed by atoms with Crippen LogP contribution in [0.25, 0.3) is 0 Å². The number of halogens is 3. The minimum absolute atomic E-state index is 0.251. The fourth-order valence-corrected chi connectivity index (χ4v) is 1.61. The van der Waals surface area contributed by atoms with Crippen molar-refractivity contribution in [3.05, 3.63) is 27.3 Å². The van der Waals surface area contributed by atoms with Crippen molar-refractivity contribution >= 4 is 28.3 Å². The lowest BCUT2D eigenvalue weighted by Gasteiger charge is -2.14. The van der Waals surface area contributed by atoms with Crippen molar-refractivity contribution < 1.29 is 13.9 Å². The highest BCUT2D eigenvalue weighted by Crippen LogP contribution is 2.29. The average molecular weight is 299 g/mol. The van der Waals surface area contributed by atoms with Crippen molar-refractivity contribution in [1.82, 2.24) is 0 Å². The van der Waals surface area contributed by atoms with Crippen LogP contribution in [0.1, 0.15) is 5.56 Å². The minimum atomic E-state index is -3.21. The Morgan fingerprint density at radius 3 is 2.46 bits per heavy atom. The van der Waals surface area contributed by atoms with Gasteiger partial charge in [-0.3, -0.25) is 0 Å². The maximum Gasteiger partial charge on any atom is 0.295 e. The zero-order chi connectivity index (χ0) is 10.1. The van der Waals surface area contributed by atoms with Gasteiger partial charge >= 0.3 is 0 Å². The molecule has 0 radical (unpaired) electrons. The molecule has 0 amide bonds. The first kappa shape index (κ1) is 10.6. The molecule has 2 nitrogen and oxygen atoms in total. The third-order valence-electron chi connectivity index (χ3n) is 1.54. The predicted molar refractivity (Wildman–Crippen MR) is 54.6 cm³/mol. The van der Waals surface area contributed by atoms with Gasteiger partial charge in [-0.05, 0) is 40.8 Å². The number of nitrogens with two attached hydrogens (primary N) is 1. The van der Waals surface area contributed by atoms with Crippen molar-refractivity contribution in [2.45, 2.75) is 5.92 Å². The molecule has 0 aliphatic rings. The molecule has 72 valence electrons. The number of nitrogen functional groups attached to an aromatic ring is 1. The summed E-state index contributed by atoms with van der Waals surface area (Å²) in [6, 6.07) is 4.04. The van der Waals surface area contributed by atoms with Gasteiger partial charge in [0.05, 0.1) is 0 Å². The van der Waals surface area contributed by atoms with E-state index in [9.17, 15) is 8.78 Å². The molecule has 0 aliphatic heterocycles. The van der Waals surface area contributed by atoms with Crippen molar-refractivity contribution in [3.63, 3.8) is 0 Å². The molecule has 5 heteroatoms.